The molecular weight excluding hydrogens is 331 g/mol. The molecule has 0 saturated carbocycles. The van der Waals surface area contributed by atoms with Gasteiger partial charge in [-0.3, -0.25) is 4.98 Å². The Hall–Kier alpha value is -3.02. The molecule has 0 aliphatic heterocycles. The molecule has 0 aliphatic rings. The second kappa shape index (κ2) is 8.38. The first-order chi connectivity index (χ1) is 12.7. The number of anilines is 1. The van der Waals surface area contributed by atoms with Crippen molar-refractivity contribution in [1.82, 2.24) is 15.0 Å². The molecule has 6 heteroatoms. The Bertz CT molecular complexity index is 871. The molecule has 0 saturated heterocycles. The zero-order valence-corrected chi connectivity index (χ0v) is 14.9. The molecule has 3 aromatic rings. The van der Waals surface area contributed by atoms with Crippen LogP contribution in [0.1, 0.15) is 25.1 Å². The third-order valence-corrected chi connectivity index (χ3v) is 3.81. The zero-order valence-electron chi connectivity index (χ0n) is 14.9. The van der Waals surface area contributed by atoms with Crippen molar-refractivity contribution >= 4 is 5.82 Å². The molecule has 5 nitrogen and oxygen atoms in total. The van der Waals surface area contributed by atoms with Crippen molar-refractivity contribution in [2.45, 2.75) is 26.8 Å². The Kier molecular flexibility index (Phi) is 5.73. The Balaban J connectivity index is 1.78. The highest BCUT2D eigenvalue weighted by Crippen LogP contribution is 2.20. The summed E-state index contributed by atoms with van der Waals surface area (Å²) in [5.74, 6) is 1.17. The number of nitrogens with zero attached hydrogens (tertiary/aromatic N) is 3. The van der Waals surface area contributed by atoms with Gasteiger partial charge < -0.3 is 10.1 Å². The van der Waals surface area contributed by atoms with Crippen molar-refractivity contribution in [3.63, 3.8) is 0 Å². The number of rotatable bonds is 7. The summed E-state index contributed by atoms with van der Waals surface area (Å²) >= 11 is 0. The summed E-state index contributed by atoms with van der Waals surface area (Å²) in [6, 6.07) is 12.5. The molecule has 0 atom stereocenters. The minimum Gasteiger partial charge on any atom is -0.491 e. The van der Waals surface area contributed by atoms with Crippen LogP contribution in [-0.4, -0.2) is 21.6 Å². The number of hydrogen-bond donors (Lipinski definition) is 1. The number of nitrogens with one attached hydrogen (secondary N) is 1. The first-order valence-electron chi connectivity index (χ1n) is 8.64. The van der Waals surface area contributed by atoms with Crippen LogP contribution in [0.2, 0.25) is 0 Å². The second-order valence-electron chi connectivity index (χ2n) is 5.69. The summed E-state index contributed by atoms with van der Waals surface area (Å²) in [6.45, 7) is 4.75. The highest BCUT2D eigenvalue weighted by atomic mass is 19.1. The summed E-state index contributed by atoms with van der Waals surface area (Å²) in [7, 11) is 0. The Morgan fingerprint density at radius 2 is 1.96 bits per heavy atom. The van der Waals surface area contributed by atoms with E-state index in [1.165, 1.54) is 6.07 Å². The SMILES string of the molecule is CCOc1ccc(CNc2cc(CC)nc(-c3ccccn3)n2)cc1F. The lowest BCUT2D eigenvalue weighted by atomic mass is 10.2. The van der Waals surface area contributed by atoms with Crippen LogP contribution in [0.15, 0.2) is 48.7 Å². The number of ether oxygens (including phenoxy) is 1. The van der Waals surface area contributed by atoms with Crippen molar-refractivity contribution in [3.8, 4) is 17.3 Å². The van der Waals surface area contributed by atoms with Gasteiger partial charge in [0.1, 0.15) is 11.5 Å². The van der Waals surface area contributed by atoms with Gasteiger partial charge in [0.15, 0.2) is 17.4 Å². The fraction of sp³-hybridized carbons (Fsp3) is 0.250. The lowest BCUT2D eigenvalue weighted by Crippen LogP contribution is -2.06. The van der Waals surface area contributed by atoms with E-state index < -0.39 is 0 Å². The van der Waals surface area contributed by atoms with Gasteiger partial charge in [-0.05, 0) is 43.2 Å². The highest BCUT2D eigenvalue weighted by molar-refractivity contribution is 5.53. The van der Waals surface area contributed by atoms with Crippen molar-refractivity contribution in [1.29, 1.82) is 0 Å². The van der Waals surface area contributed by atoms with Crippen LogP contribution in [0.3, 0.4) is 0 Å². The Labute approximate surface area is 152 Å². The summed E-state index contributed by atoms with van der Waals surface area (Å²) in [4.78, 5) is 13.4. The van der Waals surface area contributed by atoms with Crippen LogP contribution < -0.4 is 10.1 Å². The Morgan fingerprint density at radius 3 is 2.65 bits per heavy atom. The molecule has 0 fully saturated rings. The molecule has 0 amide bonds. The number of aryl methyl sites for hydroxylation is 1. The summed E-state index contributed by atoms with van der Waals surface area (Å²) in [5, 5.41) is 3.24. The van der Waals surface area contributed by atoms with Crippen LogP contribution in [0.25, 0.3) is 11.5 Å². The van der Waals surface area contributed by atoms with Gasteiger partial charge in [-0.1, -0.05) is 19.1 Å². The van der Waals surface area contributed by atoms with Crippen LogP contribution in [0, 0.1) is 5.82 Å². The molecule has 1 N–H and O–H groups in total. The van der Waals surface area contributed by atoms with Gasteiger partial charge in [0.05, 0.1) is 6.61 Å². The summed E-state index contributed by atoms with van der Waals surface area (Å²) in [6.07, 6.45) is 2.50. The van der Waals surface area contributed by atoms with Gasteiger partial charge in [-0.2, -0.15) is 0 Å². The van der Waals surface area contributed by atoms with Crippen molar-refractivity contribution in [2.24, 2.45) is 0 Å². The van der Waals surface area contributed by atoms with E-state index in [9.17, 15) is 4.39 Å². The molecule has 0 radical (unpaired) electrons. The number of halogens is 1. The molecule has 1 aromatic carbocycles. The van der Waals surface area contributed by atoms with Crippen LogP contribution in [0.5, 0.6) is 5.75 Å². The predicted octanol–water partition coefficient (Wildman–Crippen LogP) is 4.25. The van der Waals surface area contributed by atoms with E-state index in [0.29, 0.717) is 24.8 Å². The third-order valence-electron chi connectivity index (χ3n) is 3.81. The monoisotopic (exact) mass is 352 g/mol. The van der Waals surface area contributed by atoms with E-state index in [1.54, 1.807) is 12.3 Å². The van der Waals surface area contributed by atoms with E-state index >= 15 is 0 Å². The van der Waals surface area contributed by atoms with Crippen LogP contribution >= 0.6 is 0 Å². The van der Waals surface area contributed by atoms with Crippen molar-refractivity contribution in [2.75, 3.05) is 11.9 Å². The summed E-state index contributed by atoms with van der Waals surface area (Å²) in [5.41, 5.74) is 2.45. The lowest BCUT2D eigenvalue weighted by Gasteiger charge is -2.10. The average molecular weight is 352 g/mol. The van der Waals surface area contributed by atoms with Crippen LogP contribution in [-0.2, 0) is 13.0 Å². The average Bonchev–Trinajstić information content (AvgIpc) is 2.69. The van der Waals surface area contributed by atoms with E-state index in [4.69, 9.17) is 4.74 Å². The minimum absolute atomic E-state index is 0.268. The Morgan fingerprint density at radius 1 is 1.08 bits per heavy atom. The molecule has 3 rings (SSSR count). The highest BCUT2D eigenvalue weighted by Gasteiger charge is 2.08. The maximum atomic E-state index is 14.0. The number of hydrogen-bond acceptors (Lipinski definition) is 5. The van der Waals surface area contributed by atoms with Gasteiger partial charge >= 0.3 is 0 Å². The van der Waals surface area contributed by atoms with Crippen molar-refractivity contribution in [3.05, 3.63) is 65.7 Å². The molecule has 2 heterocycles. The first kappa shape index (κ1) is 17.8. The topological polar surface area (TPSA) is 59.9 Å². The standard InChI is InChI=1S/C20H21FN4O/c1-3-15-12-19(25-20(24-15)17-7-5-6-10-22-17)23-13-14-8-9-18(26-4-2)16(21)11-14/h5-12H,3-4,13H2,1-2H3,(H,23,24,25). The maximum Gasteiger partial charge on any atom is 0.180 e. The van der Waals surface area contributed by atoms with Crippen molar-refractivity contribution < 1.29 is 9.13 Å². The van der Waals surface area contributed by atoms with E-state index in [1.807, 2.05) is 44.2 Å². The normalized spacial score (nSPS) is 10.6. The molecule has 2 aromatic heterocycles. The lowest BCUT2D eigenvalue weighted by molar-refractivity contribution is 0.321. The smallest absolute Gasteiger partial charge is 0.180 e. The van der Waals surface area contributed by atoms with Gasteiger partial charge in [0.25, 0.3) is 0 Å². The summed E-state index contributed by atoms with van der Waals surface area (Å²) < 4.78 is 19.2. The fourth-order valence-corrected chi connectivity index (χ4v) is 2.50. The first-order valence-corrected chi connectivity index (χ1v) is 8.64. The van der Waals surface area contributed by atoms with Crippen LogP contribution in [0.4, 0.5) is 10.2 Å². The maximum absolute atomic E-state index is 14.0. The van der Waals surface area contributed by atoms with Gasteiger partial charge in [0, 0.05) is 24.5 Å². The molecule has 0 bridgehead atoms. The van der Waals surface area contributed by atoms with E-state index in [0.717, 1.165) is 23.4 Å². The number of pyridine rings is 1. The molecule has 0 spiro atoms. The fourth-order valence-electron chi connectivity index (χ4n) is 2.50. The van der Waals surface area contributed by atoms with Gasteiger partial charge in [-0.15, -0.1) is 0 Å². The van der Waals surface area contributed by atoms with E-state index in [2.05, 4.69) is 20.3 Å². The quantitative estimate of drug-likeness (QED) is 0.689. The minimum atomic E-state index is -0.364. The number of benzene rings is 1. The van der Waals surface area contributed by atoms with E-state index in [-0.39, 0.29) is 11.6 Å². The zero-order chi connectivity index (χ0) is 18.4. The molecule has 26 heavy (non-hydrogen) atoms. The molecular formula is C20H21FN4O. The van der Waals surface area contributed by atoms with Gasteiger partial charge in [0.2, 0.25) is 0 Å². The molecule has 0 unspecified atom stereocenters. The molecule has 0 aliphatic carbocycles. The largest absolute Gasteiger partial charge is 0.491 e. The van der Waals surface area contributed by atoms with Gasteiger partial charge in [-0.25, -0.2) is 14.4 Å². The second-order valence-corrected chi connectivity index (χ2v) is 5.69. The number of aromatic nitrogens is 3. The predicted molar refractivity (Wildman–Crippen MR) is 99.5 cm³/mol. The third kappa shape index (κ3) is 4.33. The molecule has 134 valence electrons.